The number of benzene rings is 1. The minimum atomic E-state index is -0.994. The molecule has 29 heavy (non-hydrogen) atoms. The van der Waals surface area contributed by atoms with Crippen LogP contribution in [0.2, 0.25) is 0 Å². The summed E-state index contributed by atoms with van der Waals surface area (Å²) in [5.41, 5.74) is 2.29. The molecule has 0 bridgehead atoms. The number of hydrogen-bond donors (Lipinski definition) is 4. The van der Waals surface area contributed by atoms with Crippen LogP contribution in [0.3, 0.4) is 0 Å². The Labute approximate surface area is 173 Å². The van der Waals surface area contributed by atoms with Crippen LogP contribution in [0.25, 0.3) is 0 Å². The van der Waals surface area contributed by atoms with E-state index in [9.17, 15) is 20.1 Å². The number of rotatable bonds is 11. The van der Waals surface area contributed by atoms with Crippen molar-refractivity contribution in [2.45, 2.75) is 82.1 Å². The second-order valence-corrected chi connectivity index (χ2v) is 8.50. The molecule has 1 unspecified atom stereocenters. The van der Waals surface area contributed by atoms with Crippen LogP contribution >= 0.6 is 0 Å². The number of unbranched alkanes of at least 4 members (excludes halogenated alkanes) is 5. The minimum Gasteiger partial charge on any atom is -0.395 e. The molecular weight excluding hydrogens is 368 g/mol. The average molecular weight is 405 g/mol. The van der Waals surface area contributed by atoms with E-state index < -0.39 is 18.2 Å². The molecule has 162 valence electrons. The standard InChI is InChI=1S/C23H36N2O4/c1-2-3-4-5-6-9-12-25-19(21(27)22(28)20(25)15-26)14-24-23(29)18-13-16-10-7-8-11-17(16)18/h7-8,10-11,18-22,26-28H,2-6,9,12-15H2,1H3,(H,24,29)/t18?,19-,20-,21-,22-/m1/s1. The van der Waals surface area contributed by atoms with E-state index in [1.165, 1.54) is 31.2 Å². The van der Waals surface area contributed by atoms with Gasteiger partial charge in [-0.15, -0.1) is 0 Å². The Morgan fingerprint density at radius 3 is 2.48 bits per heavy atom. The van der Waals surface area contributed by atoms with Gasteiger partial charge in [-0.25, -0.2) is 0 Å². The van der Waals surface area contributed by atoms with E-state index in [-0.39, 0.29) is 31.0 Å². The summed E-state index contributed by atoms with van der Waals surface area (Å²) in [5, 5.41) is 33.6. The van der Waals surface area contributed by atoms with Gasteiger partial charge in [0, 0.05) is 6.54 Å². The lowest BCUT2D eigenvalue weighted by atomic mass is 9.77. The van der Waals surface area contributed by atoms with Crippen LogP contribution in [-0.4, -0.2) is 70.1 Å². The summed E-state index contributed by atoms with van der Waals surface area (Å²) in [6, 6.07) is 7.11. The van der Waals surface area contributed by atoms with Crippen LogP contribution in [0, 0.1) is 0 Å². The number of fused-ring (bicyclic) bond motifs is 1. The monoisotopic (exact) mass is 404 g/mol. The molecule has 1 aromatic rings. The number of aliphatic hydroxyl groups is 3. The van der Waals surface area contributed by atoms with Gasteiger partial charge in [-0.05, 0) is 30.5 Å². The fourth-order valence-corrected chi connectivity index (χ4v) is 4.77. The summed E-state index contributed by atoms with van der Waals surface area (Å²) in [5.74, 6) is -0.160. The van der Waals surface area contributed by atoms with Crippen LogP contribution in [0.1, 0.15) is 62.5 Å². The Morgan fingerprint density at radius 2 is 1.76 bits per heavy atom. The fraction of sp³-hybridized carbons (Fsp3) is 0.696. The summed E-state index contributed by atoms with van der Waals surface area (Å²) in [6.45, 7) is 2.98. The third-order valence-corrected chi connectivity index (χ3v) is 6.60. The summed E-state index contributed by atoms with van der Waals surface area (Å²) in [7, 11) is 0. The van der Waals surface area contributed by atoms with Crippen LogP contribution in [0.15, 0.2) is 24.3 Å². The van der Waals surface area contributed by atoms with E-state index in [0.717, 1.165) is 24.8 Å². The molecule has 1 aromatic carbocycles. The third kappa shape index (κ3) is 5.00. The Bertz CT molecular complexity index is 668. The Hall–Kier alpha value is -1.47. The van der Waals surface area contributed by atoms with Crippen molar-refractivity contribution < 1.29 is 20.1 Å². The first kappa shape index (κ1) is 22.2. The lowest BCUT2D eigenvalue weighted by molar-refractivity contribution is -0.123. The molecule has 6 nitrogen and oxygen atoms in total. The van der Waals surface area contributed by atoms with Crippen LogP contribution in [-0.2, 0) is 11.2 Å². The normalized spacial score (nSPS) is 28.8. The largest absolute Gasteiger partial charge is 0.395 e. The van der Waals surface area contributed by atoms with Gasteiger partial charge in [-0.2, -0.15) is 0 Å². The van der Waals surface area contributed by atoms with E-state index in [1.54, 1.807) is 0 Å². The summed E-state index contributed by atoms with van der Waals surface area (Å²) in [6.07, 6.45) is 5.71. The summed E-state index contributed by atoms with van der Waals surface area (Å²) >= 11 is 0. The molecule has 0 spiro atoms. The molecule has 6 heteroatoms. The van der Waals surface area contributed by atoms with Gasteiger partial charge in [0.2, 0.25) is 5.91 Å². The highest BCUT2D eigenvalue weighted by molar-refractivity contribution is 5.86. The molecule has 1 amide bonds. The van der Waals surface area contributed by atoms with E-state index >= 15 is 0 Å². The molecule has 0 radical (unpaired) electrons. The van der Waals surface area contributed by atoms with Gasteiger partial charge in [-0.3, -0.25) is 9.69 Å². The zero-order chi connectivity index (χ0) is 20.8. The third-order valence-electron chi connectivity index (χ3n) is 6.60. The summed E-state index contributed by atoms with van der Waals surface area (Å²) in [4.78, 5) is 14.6. The number of carbonyl (C=O) groups excluding carboxylic acids is 1. The maximum atomic E-state index is 12.6. The van der Waals surface area contributed by atoms with Crippen molar-refractivity contribution in [2.75, 3.05) is 19.7 Å². The predicted molar refractivity (Wildman–Crippen MR) is 113 cm³/mol. The van der Waals surface area contributed by atoms with Gasteiger partial charge in [-0.1, -0.05) is 63.3 Å². The van der Waals surface area contributed by atoms with Gasteiger partial charge in [0.15, 0.2) is 0 Å². The number of hydrogen-bond acceptors (Lipinski definition) is 5. The lowest BCUT2D eigenvalue weighted by Crippen LogP contribution is -2.49. The number of likely N-dealkylation sites (tertiary alicyclic amines) is 1. The molecule has 1 aliphatic heterocycles. The second-order valence-electron chi connectivity index (χ2n) is 8.50. The molecule has 3 rings (SSSR count). The quantitative estimate of drug-likeness (QED) is 0.420. The smallest absolute Gasteiger partial charge is 0.227 e. The van der Waals surface area contributed by atoms with Crippen molar-refractivity contribution in [1.29, 1.82) is 0 Å². The first-order valence-corrected chi connectivity index (χ1v) is 11.2. The Kier molecular flexibility index (Phi) is 8.07. The number of nitrogens with zero attached hydrogens (tertiary/aromatic N) is 1. The molecule has 4 N–H and O–H groups in total. The van der Waals surface area contributed by atoms with Crippen molar-refractivity contribution in [3.05, 3.63) is 35.4 Å². The lowest BCUT2D eigenvalue weighted by Gasteiger charge is -2.32. The van der Waals surface area contributed by atoms with Crippen molar-refractivity contribution in [2.24, 2.45) is 0 Å². The zero-order valence-electron chi connectivity index (χ0n) is 17.5. The number of aliphatic hydroxyl groups excluding tert-OH is 3. The molecule has 0 aromatic heterocycles. The molecule has 0 saturated carbocycles. The highest BCUT2D eigenvalue weighted by Gasteiger charge is 2.47. The SMILES string of the molecule is CCCCCCCCN1[C@H](CO)[C@@H](O)[C@H](O)[C@H]1CNC(=O)C1Cc2ccccc21. The number of amides is 1. The maximum absolute atomic E-state index is 12.6. The van der Waals surface area contributed by atoms with E-state index in [0.29, 0.717) is 6.54 Å². The van der Waals surface area contributed by atoms with E-state index in [1.807, 2.05) is 29.2 Å². The van der Waals surface area contributed by atoms with E-state index in [2.05, 4.69) is 12.2 Å². The molecule has 1 aliphatic carbocycles. The second kappa shape index (κ2) is 10.5. The molecular formula is C23H36N2O4. The summed E-state index contributed by atoms with van der Waals surface area (Å²) < 4.78 is 0. The topological polar surface area (TPSA) is 93.0 Å². The van der Waals surface area contributed by atoms with Gasteiger partial charge in [0.25, 0.3) is 0 Å². The Balaban J connectivity index is 1.53. The molecule has 1 saturated heterocycles. The van der Waals surface area contributed by atoms with Crippen LogP contribution in [0.5, 0.6) is 0 Å². The Morgan fingerprint density at radius 1 is 1.07 bits per heavy atom. The number of carbonyl (C=O) groups is 1. The van der Waals surface area contributed by atoms with Crippen molar-refractivity contribution in [3.63, 3.8) is 0 Å². The molecule has 1 heterocycles. The highest BCUT2D eigenvalue weighted by Crippen LogP contribution is 2.35. The minimum absolute atomic E-state index is 0.0302. The van der Waals surface area contributed by atoms with Crippen molar-refractivity contribution in [3.8, 4) is 0 Å². The van der Waals surface area contributed by atoms with Gasteiger partial charge in [0.05, 0.1) is 36.8 Å². The van der Waals surface area contributed by atoms with Gasteiger partial charge in [0.1, 0.15) is 0 Å². The van der Waals surface area contributed by atoms with E-state index in [4.69, 9.17) is 0 Å². The van der Waals surface area contributed by atoms with Gasteiger partial charge >= 0.3 is 0 Å². The zero-order valence-corrected chi connectivity index (χ0v) is 17.5. The van der Waals surface area contributed by atoms with Crippen LogP contribution in [0.4, 0.5) is 0 Å². The first-order valence-electron chi connectivity index (χ1n) is 11.2. The van der Waals surface area contributed by atoms with Crippen LogP contribution < -0.4 is 5.32 Å². The number of nitrogens with one attached hydrogen (secondary N) is 1. The average Bonchev–Trinajstić information content (AvgIpc) is 2.93. The fourth-order valence-electron chi connectivity index (χ4n) is 4.77. The first-order chi connectivity index (χ1) is 14.1. The van der Waals surface area contributed by atoms with Crippen molar-refractivity contribution >= 4 is 5.91 Å². The van der Waals surface area contributed by atoms with Crippen molar-refractivity contribution in [1.82, 2.24) is 10.2 Å². The molecule has 2 aliphatic rings. The van der Waals surface area contributed by atoms with Gasteiger partial charge < -0.3 is 20.6 Å². The highest BCUT2D eigenvalue weighted by atomic mass is 16.3. The predicted octanol–water partition coefficient (Wildman–Crippen LogP) is 1.57. The maximum Gasteiger partial charge on any atom is 0.227 e. The molecule has 1 fully saturated rings. The molecule has 5 atom stereocenters.